The summed E-state index contributed by atoms with van der Waals surface area (Å²) in [7, 11) is 3.47. The number of benzene rings is 3. The van der Waals surface area contributed by atoms with Crippen molar-refractivity contribution >= 4 is 27.6 Å². The maximum atomic E-state index is 12.9. The maximum Gasteiger partial charge on any atom is 0.258 e. The van der Waals surface area contributed by atoms with Crippen LogP contribution in [0.2, 0.25) is 0 Å². The lowest BCUT2D eigenvalue weighted by molar-refractivity contribution is -0.131. The zero-order chi connectivity index (χ0) is 23.4. The highest BCUT2D eigenvalue weighted by atomic mass is 16.5. The topological polar surface area (TPSA) is 78.5 Å². The van der Waals surface area contributed by atoms with E-state index in [1.54, 1.807) is 18.1 Å². The van der Waals surface area contributed by atoms with Gasteiger partial charge in [-0.1, -0.05) is 37.3 Å². The van der Waals surface area contributed by atoms with Gasteiger partial charge in [-0.15, -0.1) is 0 Å². The highest BCUT2D eigenvalue weighted by Crippen LogP contribution is 2.22. The van der Waals surface area contributed by atoms with Crippen LogP contribution in [-0.4, -0.2) is 52.9 Å². The number of rotatable bonds is 8. The standard InChI is InChI=1S/C26H28N4O3/c1-4-30(16-24-27-23-8-6-5-7-22(23)26(32)28-24)17-25(31)29(2)15-18-9-10-20-14-21(33-3)12-11-19(20)13-18/h5-14H,4,15-17H2,1-3H3,(H,27,28,32). The number of nitrogens with one attached hydrogen (secondary N) is 1. The van der Waals surface area contributed by atoms with E-state index in [-0.39, 0.29) is 18.0 Å². The Kier molecular flexibility index (Phi) is 6.70. The van der Waals surface area contributed by atoms with Gasteiger partial charge in [0.25, 0.3) is 5.56 Å². The minimum Gasteiger partial charge on any atom is -0.497 e. The summed E-state index contributed by atoms with van der Waals surface area (Å²) in [5.41, 5.74) is 1.56. The zero-order valence-electron chi connectivity index (χ0n) is 19.2. The molecule has 1 amide bonds. The van der Waals surface area contributed by atoms with Crippen molar-refractivity contribution in [2.75, 3.05) is 27.2 Å². The third kappa shape index (κ3) is 5.21. The molecule has 7 nitrogen and oxygen atoms in total. The molecule has 1 heterocycles. The Balaban J connectivity index is 1.42. The number of nitrogens with zero attached hydrogens (tertiary/aromatic N) is 3. The minimum absolute atomic E-state index is 0.00909. The third-order valence-corrected chi connectivity index (χ3v) is 5.80. The lowest BCUT2D eigenvalue weighted by Crippen LogP contribution is -2.38. The highest BCUT2D eigenvalue weighted by molar-refractivity contribution is 5.85. The number of carbonyl (C=O) groups is 1. The molecule has 0 radical (unpaired) electrons. The van der Waals surface area contributed by atoms with Gasteiger partial charge in [0.2, 0.25) is 5.91 Å². The van der Waals surface area contributed by atoms with Crippen LogP contribution < -0.4 is 10.3 Å². The van der Waals surface area contributed by atoms with E-state index in [9.17, 15) is 9.59 Å². The van der Waals surface area contributed by atoms with Gasteiger partial charge < -0.3 is 14.6 Å². The molecule has 3 aromatic carbocycles. The number of likely N-dealkylation sites (N-methyl/N-ethyl adjacent to an activating group) is 2. The average molecular weight is 445 g/mol. The molecule has 0 aliphatic rings. The monoisotopic (exact) mass is 444 g/mol. The van der Waals surface area contributed by atoms with Crippen LogP contribution in [0.15, 0.2) is 65.5 Å². The Labute approximate surface area is 192 Å². The molecule has 0 aliphatic heterocycles. The maximum absolute atomic E-state index is 12.9. The molecule has 33 heavy (non-hydrogen) atoms. The van der Waals surface area contributed by atoms with E-state index >= 15 is 0 Å². The number of amides is 1. The van der Waals surface area contributed by atoms with Crippen molar-refractivity contribution in [2.45, 2.75) is 20.0 Å². The fourth-order valence-corrected chi connectivity index (χ4v) is 3.87. The van der Waals surface area contributed by atoms with Gasteiger partial charge in [-0.3, -0.25) is 14.5 Å². The molecule has 0 aliphatic carbocycles. The van der Waals surface area contributed by atoms with Crippen LogP contribution >= 0.6 is 0 Å². The molecular formula is C26H28N4O3. The van der Waals surface area contributed by atoms with Crippen molar-refractivity contribution in [3.63, 3.8) is 0 Å². The molecule has 0 bridgehead atoms. The normalized spacial score (nSPS) is 11.3. The summed E-state index contributed by atoms with van der Waals surface area (Å²) in [4.78, 5) is 36.3. The lowest BCUT2D eigenvalue weighted by atomic mass is 10.1. The van der Waals surface area contributed by atoms with Crippen LogP contribution in [0, 0.1) is 0 Å². The zero-order valence-corrected chi connectivity index (χ0v) is 19.2. The third-order valence-electron chi connectivity index (χ3n) is 5.80. The van der Waals surface area contributed by atoms with Crippen molar-refractivity contribution in [1.82, 2.24) is 19.8 Å². The van der Waals surface area contributed by atoms with E-state index in [1.165, 1.54) is 0 Å². The summed E-state index contributed by atoms with van der Waals surface area (Å²) in [5.74, 6) is 1.39. The van der Waals surface area contributed by atoms with E-state index in [2.05, 4.69) is 16.0 Å². The summed E-state index contributed by atoms with van der Waals surface area (Å²) in [6.07, 6.45) is 0. The van der Waals surface area contributed by atoms with Crippen molar-refractivity contribution < 1.29 is 9.53 Å². The smallest absolute Gasteiger partial charge is 0.258 e. The summed E-state index contributed by atoms with van der Waals surface area (Å²) < 4.78 is 5.28. The Morgan fingerprint density at radius 1 is 1.03 bits per heavy atom. The van der Waals surface area contributed by atoms with Gasteiger partial charge in [0.1, 0.15) is 11.6 Å². The Morgan fingerprint density at radius 2 is 1.79 bits per heavy atom. The number of carbonyl (C=O) groups excluding carboxylic acids is 1. The van der Waals surface area contributed by atoms with Gasteiger partial charge in [-0.25, -0.2) is 4.98 Å². The van der Waals surface area contributed by atoms with Crippen molar-refractivity contribution in [2.24, 2.45) is 0 Å². The molecule has 7 heteroatoms. The molecule has 0 saturated carbocycles. The van der Waals surface area contributed by atoms with Crippen molar-refractivity contribution in [3.8, 4) is 5.75 Å². The number of ether oxygens (including phenoxy) is 1. The first-order valence-electron chi connectivity index (χ1n) is 11.0. The molecule has 0 atom stereocenters. The van der Waals surface area contributed by atoms with Crippen LogP contribution in [0.25, 0.3) is 21.7 Å². The van der Waals surface area contributed by atoms with E-state index in [1.807, 2.05) is 67.4 Å². The Bertz CT molecular complexity index is 1350. The minimum atomic E-state index is -0.163. The number of methoxy groups -OCH3 is 1. The van der Waals surface area contributed by atoms with E-state index in [0.29, 0.717) is 36.4 Å². The van der Waals surface area contributed by atoms with E-state index in [0.717, 1.165) is 22.1 Å². The molecule has 170 valence electrons. The van der Waals surface area contributed by atoms with Crippen molar-refractivity contribution in [1.29, 1.82) is 0 Å². The van der Waals surface area contributed by atoms with Crippen molar-refractivity contribution in [3.05, 3.63) is 82.4 Å². The molecule has 0 fully saturated rings. The number of aromatic nitrogens is 2. The molecule has 4 aromatic rings. The van der Waals surface area contributed by atoms with Crippen LogP contribution in [0.1, 0.15) is 18.3 Å². The summed E-state index contributed by atoms with van der Waals surface area (Å²) >= 11 is 0. The molecule has 0 unspecified atom stereocenters. The second-order valence-electron chi connectivity index (χ2n) is 8.13. The largest absolute Gasteiger partial charge is 0.497 e. The van der Waals surface area contributed by atoms with Gasteiger partial charge in [-0.05, 0) is 53.2 Å². The summed E-state index contributed by atoms with van der Waals surface area (Å²) in [5, 5.41) is 2.77. The number of fused-ring (bicyclic) bond motifs is 2. The average Bonchev–Trinajstić information content (AvgIpc) is 2.83. The molecule has 0 spiro atoms. The van der Waals surface area contributed by atoms with E-state index < -0.39 is 0 Å². The first kappa shape index (κ1) is 22.5. The SMILES string of the molecule is CCN(CC(=O)N(C)Cc1ccc2cc(OC)ccc2c1)Cc1nc2ccccc2c(=O)[nH]1. The number of hydrogen-bond acceptors (Lipinski definition) is 5. The van der Waals surface area contributed by atoms with Gasteiger partial charge >= 0.3 is 0 Å². The Morgan fingerprint density at radius 3 is 2.58 bits per heavy atom. The van der Waals surface area contributed by atoms with Crippen LogP contribution in [0.4, 0.5) is 0 Å². The molecular weight excluding hydrogens is 416 g/mol. The van der Waals surface area contributed by atoms with Gasteiger partial charge in [0, 0.05) is 13.6 Å². The second-order valence-corrected chi connectivity index (χ2v) is 8.13. The summed E-state index contributed by atoms with van der Waals surface area (Å²) in [6, 6.07) is 19.4. The predicted octanol–water partition coefficient (Wildman–Crippen LogP) is 3.57. The first-order valence-corrected chi connectivity index (χ1v) is 11.0. The van der Waals surface area contributed by atoms with Gasteiger partial charge in [0.05, 0.1) is 31.1 Å². The predicted molar refractivity (Wildman–Crippen MR) is 130 cm³/mol. The lowest BCUT2D eigenvalue weighted by Gasteiger charge is -2.24. The van der Waals surface area contributed by atoms with Gasteiger partial charge in [0.15, 0.2) is 0 Å². The number of hydrogen-bond donors (Lipinski definition) is 1. The summed E-state index contributed by atoms with van der Waals surface area (Å²) in [6.45, 7) is 3.81. The number of H-pyrrole nitrogens is 1. The number of para-hydroxylation sites is 1. The first-order chi connectivity index (χ1) is 16.0. The fourth-order valence-electron chi connectivity index (χ4n) is 3.87. The van der Waals surface area contributed by atoms with Crippen LogP contribution in [0.3, 0.4) is 0 Å². The molecule has 1 N–H and O–H groups in total. The van der Waals surface area contributed by atoms with Crippen LogP contribution in [-0.2, 0) is 17.9 Å². The highest BCUT2D eigenvalue weighted by Gasteiger charge is 2.16. The molecule has 1 aromatic heterocycles. The van der Waals surface area contributed by atoms with Gasteiger partial charge in [-0.2, -0.15) is 0 Å². The Hall–Kier alpha value is -3.71. The second kappa shape index (κ2) is 9.83. The quantitative estimate of drug-likeness (QED) is 0.450. The number of aromatic amines is 1. The fraction of sp³-hybridized carbons (Fsp3) is 0.269. The molecule has 4 rings (SSSR count). The van der Waals surface area contributed by atoms with Crippen LogP contribution in [0.5, 0.6) is 5.75 Å². The van der Waals surface area contributed by atoms with E-state index in [4.69, 9.17) is 4.74 Å². The molecule has 0 saturated heterocycles.